The summed E-state index contributed by atoms with van der Waals surface area (Å²) in [5.41, 5.74) is 7.06. The third-order valence-electron chi connectivity index (χ3n) is 8.22. The molecule has 2 aromatic carbocycles. The molecule has 0 saturated carbocycles. The minimum atomic E-state index is -1.34. The molecule has 12 nitrogen and oxygen atoms in total. The summed E-state index contributed by atoms with van der Waals surface area (Å²) in [5, 5.41) is 2.79. The number of hydrogen-bond acceptors (Lipinski definition) is 10. The van der Waals surface area contributed by atoms with Crippen molar-refractivity contribution in [3.63, 3.8) is 0 Å². The molecule has 2 amide bonds. The van der Waals surface area contributed by atoms with Crippen molar-refractivity contribution in [1.82, 2.24) is 20.2 Å². The van der Waals surface area contributed by atoms with Crippen molar-refractivity contribution in [2.24, 2.45) is 10.7 Å². The zero-order chi connectivity index (χ0) is 32.7. The van der Waals surface area contributed by atoms with Gasteiger partial charge in [-0.1, -0.05) is 48.5 Å². The third-order valence-corrected chi connectivity index (χ3v) is 8.22. The van der Waals surface area contributed by atoms with Crippen LogP contribution in [0.2, 0.25) is 0 Å². The van der Waals surface area contributed by atoms with E-state index in [2.05, 4.69) is 15.3 Å². The number of nitrogens with one attached hydrogen (secondary N) is 1. The monoisotopic (exact) mass is 628 g/mol. The van der Waals surface area contributed by atoms with Crippen molar-refractivity contribution >= 4 is 23.7 Å². The number of hydrogen-bond donors (Lipinski definition) is 2. The summed E-state index contributed by atoms with van der Waals surface area (Å²) >= 11 is 0. The molecular weight excluding hydrogens is 588 g/mol. The van der Waals surface area contributed by atoms with Gasteiger partial charge in [0.1, 0.15) is 18.7 Å². The normalized spacial score (nSPS) is 21.1. The van der Waals surface area contributed by atoms with Gasteiger partial charge in [-0.3, -0.25) is 9.59 Å². The number of nitrogens with zero attached hydrogens (tertiary/aromatic N) is 4. The minimum absolute atomic E-state index is 0.0406. The van der Waals surface area contributed by atoms with Gasteiger partial charge in [-0.15, -0.1) is 0 Å². The molecule has 3 aromatic rings. The van der Waals surface area contributed by atoms with Crippen molar-refractivity contribution in [2.75, 3.05) is 20.3 Å². The lowest BCUT2D eigenvalue weighted by molar-refractivity contribution is -0.147. The van der Waals surface area contributed by atoms with Crippen molar-refractivity contribution in [3.8, 4) is 11.4 Å². The Hall–Kier alpha value is -4.68. The first-order valence-corrected chi connectivity index (χ1v) is 15.4. The van der Waals surface area contributed by atoms with Gasteiger partial charge >= 0.3 is 5.97 Å². The van der Waals surface area contributed by atoms with E-state index in [0.717, 1.165) is 16.7 Å². The molecule has 2 aliphatic rings. The molecule has 12 heteroatoms. The van der Waals surface area contributed by atoms with Gasteiger partial charge in [-0.05, 0) is 49.9 Å². The lowest BCUT2D eigenvalue weighted by Gasteiger charge is -2.32. The lowest BCUT2D eigenvalue weighted by Crippen LogP contribution is -2.58. The van der Waals surface area contributed by atoms with Gasteiger partial charge in [0, 0.05) is 30.9 Å². The van der Waals surface area contributed by atoms with Crippen LogP contribution in [0, 0.1) is 0 Å². The maximum atomic E-state index is 14.1. The van der Waals surface area contributed by atoms with Crippen LogP contribution in [0.4, 0.5) is 0 Å². The van der Waals surface area contributed by atoms with Gasteiger partial charge in [0.2, 0.25) is 17.7 Å². The summed E-state index contributed by atoms with van der Waals surface area (Å²) in [5.74, 6) is -0.490. The molecule has 1 unspecified atom stereocenters. The molecule has 0 bridgehead atoms. The number of methoxy groups -OCH3 is 1. The van der Waals surface area contributed by atoms with Crippen molar-refractivity contribution in [1.29, 1.82) is 0 Å². The summed E-state index contributed by atoms with van der Waals surface area (Å²) in [7, 11) is 1.32. The smallest absolute Gasteiger partial charge is 0.337 e. The van der Waals surface area contributed by atoms with Gasteiger partial charge in [0.15, 0.2) is 11.4 Å². The van der Waals surface area contributed by atoms with Crippen LogP contribution in [0.1, 0.15) is 37.8 Å². The average Bonchev–Trinajstić information content (AvgIpc) is 3.74. The second-order valence-electron chi connectivity index (χ2n) is 11.7. The predicted molar refractivity (Wildman–Crippen MR) is 170 cm³/mol. The van der Waals surface area contributed by atoms with Gasteiger partial charge in [0.05, 0.1) is 25.9 Å². The van der Waals surface area contributed by atoms with E-state index >= 15 is 0 Å². The SMILES string of the molecule is COC(=O)[C@@]1(Cc2cccc(-c3ncccn3)c2)COC([C@@H]2CCCN2C(=O)[C@@H](NC(=O)[C@H](C)N)C(C)OCc2ccccc2)=N1. The number of nitrogens with two attached hydrogens (primary N) is 1. The van der Waals surface area contributed by atoms with Crippen LogP contribution in [-0.2, 0) is 41.6 Å². The Morgan fingerprint density at radius 3 is 2.52 bits per heavy atom. The first-order valence-electron chi connectivity index (χ1n) is 15.4. The second kappa shape index (κ2) is 14.6. The number of esters is 1. The number of amides is 2. The number of ether oxygens (including phenoxy) is 3. The Balaban J connectivity index is 1.37. The third kappa shape index (κ3) is 7.40. The highest BCUT2D eigenvalue weighted by molar-refractivity contribution is 5.96. The predicted octanol–water partition coefficient (Wildman–Crippen LogP) is 2.45. The van der Waals surface area contributed by atoms with Crippen molar-refractivity contribution < 1.29 is 28.6 Å². The van der Waals surface area contributed by atoms with Crippen LogP contribution >= 0.6 is 0 Å². The average molecular weight is 629 g/mol. The molecule has 242 valence electrons. The van der Waals surface area contributed by atoms with Crippen LogP contribution in [0.25, 0.3) is 11.4 Å². The fourth-order valence-electron chi connectivity index (χ4n) is 5.73. The van der Waals surface area contributed by atoms with Crippen LogP contribution in [0.3, 0.4) is 0 Å². The summed E-state index contributed by atoms with van der Waals surface area (Å²) in [4.78, 5) is 55.2. The molecule has 1 aromatic heterocycles. The summed E-state index contributed by atoms with van der Waals surface area (Å²) in [6.07, 6.45) is 4.15. The van der Waals surface area contributed by atoms with E-state index in [1.165, 1.54) is 7.11 Å². The zero-order valence-electron chi connectivity index (χ0n) is 26.3. The first kappa shape index (κ1) is 32.7. The number of aliphatic imine (C=N–C) groups is 1. The Labute approximate surface area is 268 Å². The van der Waals surface area contributed by atoms with Crippen LogP contribution in [0.15, 0.2) is 78.0 Å². The summed E-state index contributed by atoms with van der Waals surface area (Å²) < 4.78 is 17.4. The fourth-order valence-corrected chi connectivity index (χ4v) is 5.73. The highest BCUT2D eigenvalue weighted by Gasteiger charge is 2.49. The van der Waals surface area contributed by atoms with E-state index in [4.69, 9.17) is 24.9 Å². The Kier molecular flexibility index (Phi) is 10.4. The van der Waals surface area contributed by atoms with Crippen molar-refractivity contribution in [3.05, 3.63) is 84.2 Å². The molecule has 1 fully saturated rings. The van der Waals surface area contributed by atoms with Gasteiger partial charge in [0.25, 0.3) is 0 Å². The van der Waals surface area contributed by atoms with Crippen LogP contribution in [-0.4, -0.2) is 88.6 Å². The highest BCUT2D eigenvalue weighted by Crippen LogP contribution is 2.32. The topological polar surface area (TPSA) is 158 Å². The van der Waals surface area contributed by atoms with Gasteiger partial charge in [-0.25, -0.2) is 19.8 Å². The number of aromatic nitrogens is 2. The van der Waals surface area contributed by atoms with Crippen LogP contribution in [0.5, 0.6) is 0 Å². The molecule has 5 atom stereocenters. The number of carbonyl (C=O) groups is 3. The van der Waals surface area contributed by atoms with E-state index in [1.54, 1.807) is 37.2 Å². The number of carbonyl (C=O) groups excluding carboxylic acids is 3. The molecule has 5 rings (SSSR count). The fraction of sp³-hybridized carbons (Fsp3) is 0.412. The number of rotatable bonds is 12. The maximum absolute atomic E-state index is 14.1. The Bertz CT molecular complexity index is 1550. The van der Waals surface area contributed by atoms with E-state index in [0.29, 0.717) is 25.2 Å². The molecular formula is C34H40N6O6. The summed E-state index contributed by atoms with van der Waals surface area (Å²) in [6, 6.07) is 16.6. The highest BCUT2D eigenvalue weighted by atomic mass is 16.5. The standard InChI is InChI=1S/C34H40N6O6/c1-22(35)30(41)38-28(23(2)45-20-24-10-5-4-6-11-24)32(42)40-17-8-14-27(40)31-39-34(21-46-31,33(43)44-3)19-25-12-7-13-26(18-25)29-36-15-9-16-37-29/h4-7,9-13,15-16,18,22-23,27-28H,8,14,17,19-21,35H2,1-3H3,(H,38,41)/t22-,23?,27-,28-,34+/m0/s1. The van der Waals surface area contributed by atoms with E-state index in [1.807, 2.05) is 54.6 Å². The maximum Gasteiger partial charge on any atom is 0.337 e. The Morgan fingerprint density at radius 1 is 1.07 bits per heavy atom. The first-order chi connectivity index (χ1) is 22.2. The minimum Gasteiger partial charge on any atom is -0.476 e. The molecule has 2 aliphatic heterocycles. The van der Waals surface area contributed by atoms with Crippen molar-refractivity contribution in [2.45, 2.75) is 69.5 Å². The number of likely N-dealkylation sites (tertiary alicyclic amines) is 1. The van der Waals surface area contributed by atoms with E-state index in [9.17, 15) is 14.4 Å². The largest absolute Gasteiger partial charge is 0.476 e. The quantitative estimate of drug-likeness (QED) is 0.288. The van der Waals surface area contributed by atoms with E-state index < -0.39 is 41.6 Å². The molecule has 0 aliphatic carbocycles. The van der Waals surface area contributed by atoms with Gasteiger partial charge < -0.3 is 30.2 Å². The molecule has 3 N–H and O–H groups in total. The molecule has 46 heavy (non-hydrogen) atoms. The van der Waals surface area contributed by atoms with Gasteiger partial charge in [-0.2, -0.15) is 0 Å². The van der Waals surface area contributed by atoms with Crippen LogP contribution < -0.4 is 11.1 Å². The molecule has 1 saturated heterocycles. The summed E-state index contributed by atoms with van der Waals surface area (Å²) in [6.45, 7) is 3.95. The second-order valence-corrected chi connectivity index (χ2v) is 11.7. The van der Waals surface area contributed by atoms with E-state index in [-0.39, 0.29) is 31.4 Å². The molecule has 3 heterocycles. The Morgan fingerprint density at radius 2 is 1.80 bits per heavy atom. The number of benzene rings is 2. The lowest BCUT2D eigenvalue weighted by atomic mass is 9.91. The molecule has 0 radical (unpaired) electrons. The zero-order valence-corrected chi connectivity index (χ0v) is 26.3. The molecule has 0 spiro atoms.